The summed E-state index contributed by atoms with van der Waals surface area (Å²) in [4.78, 5) is 3.86. The average molecular weight is 312 g/mol. The number of pyridine rings is 1. The molecule has 20 heavy (non-hydrogen) atoms. The topological polar surface area (TPSA) is 85.1 Å². The van der Waals surface area contributed by atoms with Gasteiger partial charge in [-0.3, -0.25) is 4.98 Å². The molecule has 1 unspecified atom stereocenters. The molecule has 0 saturated carbocycles. The van der Waals surface area contributed by atoms with Gasteiger partial charge in [-0.2, -0.15) is 0 Å². The maximum atomic E-state index is 12.4. The summed E-state index contributed by atoms with van der Waals surface area (Å²) in [6, 6.07) is 7.67. The highest BCUT2D eigenvalue weighted by Gasteiger charge is 2.23. The van der Waals surface area contributed by atoms with Crippen LogP contribution in [0, 0.1) is 0 Å². The lowest BCUT2D eigenvalue weighted by molar-refractivity contribution is 0.567. The van der Waals surface area contributed by atoms with Crippen molar-refractivity contribution in [2.24, 2.45) is 0 Å². The van der Waals surface area contributed by atoms with Crippen molar-refractivity contribution in [3.8, 4) is 0 Å². The van der Waals surface area contributed by atoms with E-state index in [-0.39, 0.29) is 15.6 Å². The molecule has 0 fully saturated rings. The van der Waals surface area contributed by atoms with Crippen LogP contribution in [0.25, 0.3) is 0 Å². The zero-order valence-corrected chi connectivity index (χ0v) is 12.3. The normalized spacial score (nSPS) is 13.1. The average Bonchev–Trinajstić information content (AvgIpc) is 2.38. The van der Waals surface area contributed by atoms with Crippen LogP contribution in [0.4, 0.5) is 5.69 Å². The van der Waals surface area contributed by atoms with Crippen molar-refractivity contribution in [2.75, 3.05) is 5.73 Å². The van der Waals surface area contributed by atoms with Crippen LogP contribution in [0.15, 0.2) is 47.6 Å². The standard InChI is InChI=1S/C13H14ClN3O2S/c1-9(10-4-3-7-16-8-10)17-20(18,19)13-11(14)5-2-6-12(13)15/h2-9,17H,15H2,1H3. The van der Waals surface area contributed by atoms with Gasteiger partial charge in [0.1, 0.15) is 4.90 Å². The number of nitrogens with one attached hydrogen (secondary N) is 1. The molecule has 3 N–H and O–H groups in total. The molecule has 2 rings (SSSR count). The molecule has 0 radical (unpaired) electrons. The minimum atomic E-state index is -3.80. The summed E-state index contributed by atoms with van der Waals surface area (Å²) >= 11 is 5.93. The van der Waals surface area contributed by atoms with Gasteiger partial charge in [-0.25, -0.2) is 13.1 Å². The maximum Gasteiger partial charge on any atom is 0.244 e. The number of halogens is 1. The first kappa shape index (κ1) is 14.8. The molecular formula is C13H14ClN3O2S. The van der Waals surface area contributed by atoms with E-state index in [1.807, 2.05) is 0 Å². The van der Waals surface area contributed by atoms with Crippen molar-refractivity contribution in [3.05, 3.63) is 53.3 Å². The summed E-state index contributed by atoms with van der Waals surface area (Å²) in [6.07, 6.45) is 3.22. The van der Waals surface area contributed by atoms with E-state index >= 15 is 0 Å². The number of benzene rings is 1. The molecule has 0 aliphatic carbocycles. The summed E-state index contributed by atoms with van der Waals surface area (Å²) in [6.45, 7) is 1.72. The lowest BCUT2D eigenvalue weighted by atomic mass is 10.2. The third kappa shape index (κ3) is 3.09. The van der Waals surface area contributed by atoms with E-state index in [4.69, 9.17) is 17.3 Å². The second kappa shape index (κ2) is 5.78. The zero-order chi connectivity index (χ0) is 14.8. The number of rotatable bonds is 4. The van der Waals surface area contributed by atoms with E-state index in [0.717, 1.165) is 5.56 Å². The predicted octanol–water partition coefficient (Wildman–Crippen LogP) is 2.36. The molecule has 106 valence electrons. The van der Waals surface area contributed by atoms with Gasteiger partial charge >= 0.3 is 0 Å². The van der Waals surface area contributed by atoms with Crippen molar-refractivity contribution >= 4 is 27.3 Å². The van der Waals surface area contributed by atoms with Crippen molar-refractivity contribution < 1.29 is 8.42 Å². The summed E-state index contributed by atoms with van der Waals surface area (Å²) in [5.74, 6) is 0. The molecule has 0 aliphatic rings. The Labute approximate surface area is 122 Å². The van der Waals surface area contributed by atoms with E-state index < -0.39 is 16.1 Å². The van der Waals surface area contributed by atoms with Gasteiger partial charge in [0.15, 0.2) is 0 Å². The predicted molar refractivity (Wildman–Crippen MR) is 78.8 cm³/mol. The highest BCUT2D eigenvalue weighted by atomic mass is 35.5. The molecule has 1 heterocycles. The summed E-state index contributed by atoms with van der Waals surface area (Å²) in [5.41, 5.74) is 6.57. The minimum absolute atomic E-state index is 0.0934. The highest BCUT2D eigenvalue weighted by molar-refractivity contribution is 7.89. The Balaban J connectivity index is 2.33. The molecule has 1 aromatic heterocycles. The number of nitrogens with two attached hydrogens (primary N) is 1. The van der Waals surface area contributed by atoms with Crippen molar-refractivity contribution in [1.82, 2.24) is 9.71 Å². The molecule has 7 heteroatoms. The summed E-state index contributed by atoms with van der Waals surface area (Å²) in [7, 11) is -3.80. The first-order valence-electron chi connectivity index (χ1n) is 5.88. The number of aromatic nitrogens is 1. The Morgan fingerprint density at radius 2 is 2.05 bits per heavy atom. The maximum absolute atomic E-state index is 12.4. The molecule has 0 saturated heterocycles. The van der Waals surface area contributed by atoms with Crippen molar-refractivity contribution in [2.45, 2.75) is 17.9 Å². The first-order chi connectivity index (χ1) is 9.42. The van der Waals surface area contributed by atoms with Gasteiger partial charge in [0.05, 0.1) is 10.7 Å². The SMILES string of the molecule is CC(NS(=O)(=O)c1c(N)cccc1Cl)c1cccnc1. The Morgan fingerprint density at radius 3 is 2.65 bits per heavy atom. The molecule has 0 aliphatic heterocycles. The molecular weight excluding hydrogens is 298 g/mol. The quantitative estimate of drug-likeness (QED) is 0.849. The van der Waals surface area contributed by atoms with Gasteiger partial charge in [0, 0.05) is 18.4 Å². The van der Waals surface area contributed by atoms with E-state index in [1.165, 1.54) is 12.1 Å². The molecule has 1 aromatic carbocycles. The Bertz CT molecular complexity index is 685. The Kier molecular flexibility index (Phi) is 4.27. The molecule has 2 aromatic rings. The fourth-order valence-corrected chi connectivity index (χ4v) is 3.71. The highest BCUT2D eigenvalue weighted by Crippen LogP contribution is 2.28. The Morgan fingerprint density at radius 1 is 1.30 bits per heavy atom. The van der Waals surface area contributed by atoms with Crippen LogP contribution in [0.5, 0.6) is 0 Å². The number of anilines is 1. The third-order valence-corrected chi connectivity index (χ3v) is 4.87. The van der Waals surface area contributed by atoms with E-state index in [9.17, 15) is 8.42 Å². The second-order valence-electron chi connectivity index (χ2n) is 4.29. The van der Waals surface area contributed by atoms with Gasteiger partial charge in [-0.15, -0.1) is 0 Å². The van der Waals surface area contributed by atoms with Crippen molar-refractivity contribution in [3.63, 3.8) is 0 Å². The number of hydrogen-bond acceptors (Lipinski definition) is 4. The molecule has 5 nitrogen and oxygen atoms in total. The number of hydrogen-bond donors (Lipinski definition) is 2. The summed E-state index contributed by atoms with van der Waals surface area (Å²) < 4.78 is 27.3. The van der Waals surface area contributed by atoms with E-state index in [0.29, 0.717) is 0 Å². The van der Waals surface area contributed by atoms with Gasteiger partial charge in [0.25, 0.3) is 0 Å². The third-order valence-electron chi connectivity index (χ3n) is 2.78. The number of nitrogen functional groups attached to an aromatic ring is 1. The minimum Gasteiger partial charge on any atom is -0.398 e. The van der Waals surface area contributed by atoms with Gasteiger partial charge in [0.2, 0.25) is 10.0 Å². The van der Waals surface area contributed by atoms with Crippen molar-refractivity contribution in [1.29, 1.82) is 0 Å². The van der Waals surface area contributed by atoms with Crippen LogP contribution in [-0.2, 0) is 10.0 Å². The fourth-order valence-electron chi connectivity index (χ4n) is 1.80. The van der Waals surface area contributed by atoms with Gasteiger partial charge < -0.3 is 5.73 Å². The first-order valence-corrected chi connectivity index (χ1v) is 7.74. The molecule has 0 bridgehead atoms. The largest absolute Gasteiger partial charge is 0.398 e. The lowest BCUT2D eigenvalue weighted by Crippen LogP contribution is -2.27. The van der Waals surface area contributed by atoms with Gasteiger partial charge in [-0.1, -0.05) is 23.7 Å². The van der Waals surface area contributed by atoms with Crippen LogP contribution >= 0.6 is 11.6 Å². The van der Waals surface area contributed by atoms with Gasteiger partial charge in [-0.05, 0) is 30.7 Å². The van der Waals surface area contributed by atoms with E-state index in [2.05, 4.69) is 9.71 Å². The molecule has 0 amide bonds. The molecule has 0 spiro atoms. The van der Waals surface area contributed by atoms with Crippen LogP contribution in [0.1, 0.15) is 18.5 Å². The Hall–Kier alpha value is -1.63. The number of sulfonamides is 1. The summed E-state index contributed by atoms with van der Waals surface area (Å²) in [5, 5.41) is 0.0934. The lowest BCUT2D eigenvalue weighted by Gasteiger charge is -2.16. The molecule has 1 atom stereocenters. The fraction of sp³-hybridized carbons (Fsp3) is 0.154. The van der Waals surface area contributed by atoms with Crippen LogP contribution in [0.2, 0.25) is 5.02 Å². The van der Waals surface area contributed by atoms with Crippen LogP contribution in [-0.4, -0.2) is 13.4 Å². The monoisotopic (exact) mass is 311 g/mol. The number of nitrogens with zero attached hydrogens (tertiary/aromatic N) is 1. The van der Waals surface area contributed by atoms with Crippen LogP contribution < -0.4 is 10.5 Å². The smallest absolute Gasteiger partial charge is 0.244 e. The van der Waals surface area contributed by atoms with Crippen LogP contribution in [0.3, 0.4) is 0 Å². The van der Waals surface area contributed by atoms with E-state index in [1.54, 1.807) is 37.5 Å². The zero-order valence-electron chi connectivity index (χ0n) is 10.7. The second-order valence-corrected chi connectivity index (χ2v) is 6.35.